The van der Waals surface area contributed by atoms with Crippen molar-refractivity contribution in [3.8, 4) is 0 Å². The van der Waals surface area contributed by atoms with Crippen LogP contribution in [0.3, 0.4) is 0 Å². The number of aliphatic carboxylic acids is 1. The Hall–Kier alpha value is -0.610. The maximum absolute atomic E-state index is 10.7. The molecule has 0 saturated carbocycles. The summed E-state index contributed by atoms with van der Waals surface area (Å²) in [5.74, 6) is -0.946. The van der Waals surface area contributed by atoms with Crippen molar-refractivity contribution in [2.24, 2.45) is 5.73 Å². The molecule has 0 aromatic rings. The average Bonchev–Trinajstić information content (AvgIpc) is 2.31. The first-order chi connectivity index (χ1) is 8.50. The number of carboxylic acid groups (broad SMARTS) is 1. The fourth-order valence-corrected chi connectivity index (χ4v) is 1.73. The molecular formula is C14H29NO3. The van der Waals surface area contributed by atoms with Gasteiger partial charge in [-0.1, -0.05) is 39.0 Å². The number of carboxylic acids is 1. The Labute approximate surface area is 111 Å². The largest absolute Gasteiger partial charge is 0.480 e. The lowest BCUT2D eigenvalue weighted by atomic mass is 9.98. The predicted octanol–water partition coefficient (Wildman–Crippen LogP) is 2.95. The first kappa shape index (κ1) is 17.4. The minimum atomic E-state index is -1.12. The summed E-state index contributed by atoms with van der Waals surface area (Å²) in [5, 5.41) is 8.82. The van der Waals surface area contributed by atoms with Gasteiger partial charge in [0.15, 0.2) is 0 Å². The summed E-state index contributed by atoms with van der Waals surface area (Å²) in [6.45, 7) is 5.14. The molecule has 0 fully saturated rings. The Morgan fingerprint density at radius 3 is 2.28 bits per heavy atom. The molecule has 0 spiro atoms. The highest BCUT2D eigenvalue weighted by Crippen LogP contribution is 2.09. The molecule has 1 atom stereocenters. The summed E-state index contributed by atoms with van der Waals surface area (Å²) < 4.78 is 5.47. The van der Waals surface area contributed by atoms with Crippen molar-refractivity contribution in [3.05, 3.63) is 0 Å². The molecule has 0 bridgehead atoms. The van der Waals surface area contributed by atoms with Crippen molar-refractivity contribution in [3.63, 3.8) is 0 Å². The highest BCUT2D eigenvalue weighted by molar-refractivity contribution is 5.77. The second-order valence-corrected chi connectivity index (χ2v) is 5.21. The molecule has 0 aliphatic rings. The molecule has 0 aliphatic heterocycles. The molecule has 0 aromatic carbocycles. The van der Waals surface area contributed by atoms with Crippen LogP contribution in [-0.4, -0.2) is 29.8 Å². The van der Waals surface area contributed by atoms with E-state index < -0.39 is 11.5 Å². The van der Waals surface area contributed by atoms with E-state index in [0.29, 0.717) is 19.4 Å². The molecule has 0 aliphatic carbocycles. The van der Waals surface area contributed by atoms with Gasteiger partial charge in [0, 0.05) is 13.2 Å². The number of hydrogen-bond donors (Lipinski definition) is 2. The van der Waals surface area contributed by atoms with E-state index in [0.717, 1.165) is 13.0 Å². The summed E-state index contributed by atoms with van der Waals surface area (Å²) >= 11 is 0. The van der Waals surface area contributed by atoms with Gasteiger partial charge in [-0.3, -0.25) is 4.79 Å². The second kappa shape index (κ2) is 10.3. The third-order valence-electron chi connectivity index (χ3n) is 3.12. The van der Waals surface area contributed by atoms with Crippen molar-refractivity contribution in [2.75, 3.05) is 13.2 Å². The van der Waals surface area contributed by atoms with Crippen LogP contribution in [0.25, 0.3) is 0 Å². The van der Waals surface area contributed by atoms with Crippen LogP contribution in [-0.2, 0) is 9.53 Å². The van der Waals surface area contributed by atoms with Crippen LogP contribution in [0.5, 0.6) is 0 Å². The monoisotopic (exact) mass is 259 g/mol. The third kappa shape index (κ3) is 9.42. The normalized spacial score (nSPS) is 14.4. The van der Waals surface area contributed by atoms with Crippen molar-refractivity contribution in [1.82, 2.24) is 0 Å². The Balaban J connectivity index is 3.24. The van der Waals surface area contributed by atoms with E-state index in [9.17, 15) is 4.79 Å². The number of carbonyl (C=O) groups is 1. The van der Waals surface area contributed by atoms with Crippen molar-refractivity contribution >= 4 is 5.97 Å². The molecule has 0 radical (unpaired) electrons. The van der Waals surface area contributed by atoms with Gasteiger partial charge >= 0.3 is 5.97 Å². The van der Waals surface area contributed by atoms with E-state index >= 15 is 0 Å². The van der Waals surface area contributed by atoms with Crippen molar-refractivity contribution in [2.45, 2.75) is 70.8 Å². The maximum Gasteiger partial charge on any atom is 0.323 e. The molecule has 18 heavy (non-hydrogen) atoms. The van der Waals surface area contributed by atoms with Gasteiger partial charge in [-0.25, -0.2) is 0 Å². The quantitative estimate of drug-likeness (QED) is 0.528. The van der Waals surface area contributed by atoms with Gasteiger partial charge in [-0.05, 0) is 26.2 Å². The molecular weight excluding hydrogens is 230 g/mol. The van der Waals surface area contributed by atoms with Crippen LogP contribution in [0.2, 0.25) is 0 Å². The molecule has 4 nitrogen and oxygen atoms in total. The van der Waals surface area contributed by atoms with E-state index in [1.165, 1.54) is 32.1 Å². The van der Waals surface area contributed by atoms with Crippen LogP contribution in [0.4, 0.5) is 0 Å². The fraction of sp³-hybridized carbons (Fsp3) is 0.929. The number of hydrogen-bond acceptors (Lipinski definition) is 3. The Kier molecular flexibility index (Phi) is 9.98. The van der Waals surface area contributed by atoms with Gasteiger partial charge in [-0.15, -0.1) is 0 Å². The standard InChI is InChI=1S/C14H29NO3/c1-3-4-5-6-7-8-11-18-12-9-10-14(2,15)13(16)17/h3-12,15H2,1-2H3,(H,16,17). The van der Waals surface area contributed by atoms with Gasteiger partial charge < -0.3 is 15.6 Å². The molecule has 3 N–H and O–H groups in total. The lowest BCUT2D eigenvalue weighted by molar-refractivity contribution is -0.143. The smallest absolute Gasteiger partial charge is 0.323 e. The minimum Gasteiger partial charge on any atom is -0.480 e. The SMILES string of the molecule is CCCCCCCCOCCCC(C)(N)C(=O)O. The number of rotatable bonds is 12. The molecule has 0 aromatic heterocycles. The second-order valence-electron chi connectivity index (χ2n) is 5.21. The fourth-order valence-electron chi connectivity index (χ4n) is 1.73. The zero-order valence-corrected chi connectivity index (χ0v) is 11.9. The number of ether oxygens (including phenoxy) is 1. The highest BCUT2D eigenvalue weighted by atomic mass is 16.5. The third-order valence-corrected chi connectivity index (χ3v) is 3.12. The molecule has 0 rings (SSSR count). The lowest BCUT2D eigenvalue weighted by Crippen LogP contribution is -2.44. The van der Waals surface area contributed by atoms with Crippen molar-refractivity contribution in [1.29, 1.82) is 0 Å². The van der Waals surface area contributed by atoms with Crippen LogP contribution in [0.1, 0.15) is 65.2 Å². The zero-order chi connectivity index (χ0) is 13.9. The molecule has 1 unspecified atom stereocenters. The predicted molar refractivity (Wildman–Crippen MR) is 73.7 cm³/mol. The maximum atomic E-state index is 10.7. The van der Waals surface area contributed by atoms with Crippen molar-refractivity contribution < 1.29 is 14.6 Å². The first-order valence-corrected chi connectivity index (χ1v) is 7.10. The topological polar surface area (TPSA) is 72.5 Å². The van der Waals surface area contributed by atoms with Crippen LogP contribution >= 0.6 is 0 Å². The summed E-state index contributed by atoms with van der Waals surface area (Å²) in [5.41, 5.74) is 4.49. The minimum absolute atomic E-state index is 0.457. The van der Waals surface area contributed by atoms with E-state index in [1.807, 2.05) is 0 Å². The van der Waals surface area contributed by atoms with Crippen LogP contribution in [0, 0.1) is 0 Å². The summed E-state index contributed by atoms with van der Waals surface area (Å²) in [6.07, 6.45) is 8.70. The number of unbranched alkanes of at least 4 members (excludes halogenated alkanes) is 5. The summed E-state index contributed by atoms with van der Waals surface area (Å²) in [4.78, 5) is 10.7. The molecule has 108 valence electrons. The summed E-state index contributed by atoms with van der Waals surface area (Å²) in [6, 6.07) is 0. The van der Waals surface area contributed by atoms with Crippen LogP contribution < -0.4 is 5.73 Å². The summed E-state index contributed by atoms with van der Waals surface area (Å²) in [7, 11) is 0. The van der Waals surface area contributed by atoms with Gasteiger partial charge in [0.25, 0.3) is 0 Å². The van der Waals surface area contributed by atoms with E-state index in [4.69, 9.17) is 15.6 Å². The molecule has 4 heteroatoms. The van der Waals surface area contributed by atoms with Gasteiger partial charge in [0.1, 0.15) is 5.54 Å². The van der Waals surface area contributed by atoms with Gasteiger partial charge in [-0.2, -0.15) is 0 Å². The molecule has 0 saturated heterocycles. The van der Waals surface area contributed by atoms with Gasteiger partial charge in [0.05, 0.1) is 0 Å². The highest BCUT2D eigenvalue weighted by Gasteiger charge is 2.26. The number of nitrogens with two attached hydrogens (primary N) is 1. The lowest BCUT2D eigenvalue weighted by Gasteiger charge is -2.18. The zero-order valence-electron chi connectivity index (χ0n) is 11.9. The first-order valence-electron chi connectivity index (χ1n) is 7.10. The Morgan fingerprint density at radius 1 is 1.11 bits per heavy atom. The van der Waals surface area contributed by atoms with E-state index in [-0.39, 0.29) is 0 Å². The van der Waals surface area contributed by atoms with E-state index in [1.54, 1.807) is 6.92 Å². The molecule has 0 amide bonds. The Morgan fingerprint density at radius 2 is 1.67 bits per heavy atom. The Bertz CT molecular complexity index is 217. The average molecular weight is 259 g/mol. The van der Waals surface area contributed by atoms with Gasteiger partial charge in [0.2, 0.25) is 0 Å². The van der Waals surface area contributed by atoms with Crippen LogP contribution in [0.15, 0.2) is 0 Å². The van der Waals surface area contributed by atoms with E-state index in [2.05, 4.69) is 6.92 Å². The molecule has 0 heterocycles.